The van der Waals surface area contributed by atoms with Gasteiger partial charge in [0.15, 0.2) is 5.96 Å². The number of rotatable bonds is 5. The van der Waals surface area contributed by atoms with E-state index in [4.69, 9.17) is 4.74 Å². The van der Waals surface area contributed by atoms with Crippen molar-refractivity contribution in [2.75, 3.05) is 53.0 Å². The first-order valence-corrected chi connectivity index (χ1v) is 8.37. The smallest absolute Gasteiger partial charge is 0.193 e. The van der Waals surface area contributed by atoms with Gasteiger partial charge in [0, 0.05) is 51.3 Å². The Morgan fingerprint density at radius 1 is 1.43 bits per heavy atom. The first-order valence-electron chi connectivity index (χ1n) is 8.37. The third-order valence-electron chi connectivity index (χ3n) is 4.95. The lowest BCUT2D eigenvalue weighted by atomic mass is 9.87. The van der Waals surface area contributed by atoms with Crippen molar-refractivity contribution in [3.8, 4) is 0 Å². The molecule has 2 rings (SSSR count). The molecule has 2 saturated heterocycles. The Balaban J connectivity index is 1.79. The molecule has 2 fully saturated rings. The van der Waals surface area contributed by atoms with Gasteiger partial charge in [-0.3, -0.25) is 9.89 Å². The summed E-state index contributed by atoms with van der Waals surface area (Å²) in [5.74, 6) is 1.05. The molecule has 1 unspecified atom stereocenters. The minimum atomic E-state index is 0.394. The molecular weight excluding hydrogens is 264 g/mol. The molecule has 2 aliphatic rings. The van der Waals surface area contributed by atoms with Gasteiger partial charge in [0.1, 0.15) is 0 Å². The first-order chi connectivity index (χ1) is 10.1. The first kappa shape index (κ1) is 16.6. The predicted octanol–water partition coefficient (Wildman–Crippen LogP) is 1.40. The Hall–Kier alpha value is -0.810. The van der Waals surface area contributed by atoms with E-state index in [1.54, 1.807) is 0 Å². The van der Waals surface area contributed by atoms with Gasteiger partial charge in [0.2, 0.25) is 0 Å². The zero-order valence-electron chi connectivity index (χ0n) is 14.2. The fourth-order valence-corrected chi connectivity index (χ4v) is 3.51. The number of aliphatic imine (C=N–C) groups is 1. The molecule has 0 bridgehead atoms. The topological polar surface area (TPSA) is 40.1 Å². The second-order valence-corrected chi connectivity index (χ2v) is 6.67. The fraction of sp³-hybridized carbons (Fsp3) is 0.938. The normalized spacial score (nSPS) is 26.6. The summed E-state index contributed by atoms with van der Waals surface area (Å²) in [6.45, 7) is 13.9. The van der Waals surface area contributed by atoms with Crippen molar-refractivity contribution in [1.29, 1.82) is 0 Å². The summed E-state index contributed by atoms with van der Waals surface area (Å²) in [4.78, 5) is 9.34. The molecule has 2 heterocycles. The van der Waals surface area contributed by atoms with Crippen LogP contribution in [-0.2, 0) is 4.74 Å². The van der Waals surface area contributed by atoms with Crippen molar-refractivity contribution in [1.82, 2.24) is 15.1 Å². The summed E-state index contributed by atoms with van der Waals surface area (Å²) < 4.78 is 5.60. The van der Waals surface area contributed by atoms with E-state index in [9.17, 15) is 0 Å². The fourth-order valence-electron chi connectivity index (χ4n) is 3.51. The van der Waals surface area contributed by atoms with Crippen LogP contribution in [0.5, 0.6) is 0 Å². The molecule has 0 amide bonds. The van der Waals surface area contributed by atoms with E-state index in [-0.39, 0.29) is 0 Å². The molecule has 0 saturated carbocycles. The van der Waals surface area contributed by atoms with Crippen molar-refractivity contribution in [3.05, 3.63) is 0 Å². The Morgan fingerprint density at radius 2 is 2.24 bits per heavy atom. The lowest BCUT2D eigenvalue weighted by Gasteiger charge is -2.27. The molecule has 0 aliphatic carbocycles. The van der Waals surface area contributed by atoms with Gasteiger partial charge in [-0.15, -0.1) is 0 Å². The molecule has 122 valence electrons. The third kappa shape index (κ3) is 4.10. The van der Waals surface area contributed by atoms with Gasteiger partial charge >= 0.3 is 0 Å². The molecule has 5 nitrogen and oxygen atoms in total. The summed E-state index contributed by atoms with van der Waals surface area (Å²) in [5, 5.41) is 3.53. The van der Waals surface area contributed by atoms with E-state index in [1.807, 2.05) is 7.05 Å². The van der Waals surface area contributed by atoms with Crippen LogP contribution in [0.15, 0.2) is 4.99 Å². The molecule has 0 radical (unpaired) electrons. The van der Waals surface area contributed by atoms with Gasteiger partial charge in [0.25, 0.3) is 0 Å². The Morgan fingerprint density at radius 3 is 2.81 bits per heavy atom. The largest absolute Gasteiger partial charge is 0.381 e. The molecule has 5 heteroatoms. The van der Waals surface area contributed by atoms with Crippen LogP contribution in [0, 0.1) is 5.41 Å². The molecule has 21 heavy (non-hydrogen) atoms. The summed E-state index contributed by atoms with van der Waals surface area (Å²) in [6.07, 6.45) is 2.44. The van der Waals surface area contributed by atoms with Gasteiger partial charge in [0.05, 0.1) is 6.61 Å². The highest BCUT2D eigenvalue weighted by Gasteiger charge is 2.42. The van der Waals surface area contributed by atoms with Crippen molar-refractivity contribution < 1.29 is 4.74 Å². The zero-order valence-corrected chi connectivity index (χ0v) is 14.2. The molecule has 1 spiro atoms. The standard InChI is InChI=1S/C16H32N4O/c1-5-19(14(2)3)10-8-18-15(17-4)20-9-6-16(12-20)7-11-21-13-16/h14H,5-13H2,1-4H3,(H,17,18). The van der Waals surface area contributed by atoms with E-state index >= 15 is 0 Å². The Labute approximate surface area is 129 Å². The van der Waals surface area contributed by atoms with Crippen molar-refractivity contribution >= 4 is 5.96 Å². The van der Waals surface area contributed by atoms with Crippen LogP contribution in [0.2, 0.25) is 0 Å². The Kier molecular flexibility index (Phi) is 5.88. The van der Waals surface area contributed by atoms with Crippen LogP contribution >= 0.6 is 0 Å². The van der Waals surface area contributed by atoms with E-state index in [2.05, 4.69) is 40.9 Å². The van der Waals surface area contributed by atoms with Crippen LogP contribution in [0.25, 0.3) is 0 Å². The molecule has 0 aromatic heterocycles. The predicted molar refractivity (Wildman–Crippen MR) is 87.8 cm³/mol. The van der Waals surface area contributed by atoms with Gasteiger partial charge in [-0.25, -0.2) is 0 Å². The van der Waals surface area contributed by atoms with Crippen LogP contribution in [0.3, 0.4) is 0 Å². The monoisotopic (exact) mass is 296 g/mol. The number of hydrogen-bond acceptors (Lipinski definition) is 3. The van der Waals surface area contributed by atoms with E-state index in [1.165, 1.54) is 12.8 Å². The summed E-state index contributed by atoms with van der Waals surface area (Å²) in [6, 6.07) is 0.601. The van der Waals surface area contributed by atoms with Crippen molar-refractivity contribution in [2.24, 2.45) is 10.4 Å². The number of ether oxygens (including phenoxy) is 1. The zero-order chi connectivity index (χ0) is 15.3. The Bertz CT molecular complexity index is 350. The van der Waals surface area contributed by atoms with Crippen LogP contribution in [0.4, 0.5) is 0 Å². The van der Waals surface area contributed by atoms with Gasteiger partial charge in [-0.2, -0.15) is 0 Å². The highest BCUT2D eigenvalue weighted by molar-refractivity contribution is 5.80. The van der Waals surface area contributed by atoms with Gasteiger partial charge < -0.3 is 15.0 Å². The quantitative estimate of drug-likeness (QED) is 0.615. The van der Waals surface area contributed by atoms with Crippen molar-refractivity contribution in [2.45, 2.75) is 39.7 Å². The number of nitrogens with one attached hydrogen (secondary N) is 1. The van der Waals surface area contributed by atoms with Gasteiger partial charge in [-0.05, 0) is 33.2 Å². The molecular formula is C16H32N4O. The van der Waals surface area contributed by atoms with E-state index < -0.39 is 0 Å². The summed E-state index contributed by atoms with van der Waals surface area (Å²) >= 11 is 0. The van der Waals surface area contributed by atoms with Gasteiger partial charge in [-0.1, -0.05) is 6.92 Å². The lowest BCUT2D eigenvalue weighted by Crippen LogP contribution is -2.45. The minimum Gasteiger partial charge on any atom is -0.381 e. The van der Waals surface area contributed by atoms with Crippen LogP contribution in [-0.4, -0.2) is 74.8 Å². The number of hydrogen-bond donors (Lipinski definition) is 1. The maximum absolute atomic E-state index is 5.60. The number of likely N-dealkylation sites (N-methyl/N-ethyl adjacent to an activating group) is 1. The number of likely N-dealkylation sites (tertiary alicyclic amines) is 1. The molecule has 2 aliphatic heterocycles. The molecule has 0 aromatic carbocycles. The second kappa shape index (κ2) is 7.45. The second-order valence-electron chi connectivity index (χ2n) is 6.67. The average molecular weight is 296 g/mol. The minimum absolute atomic E-state index is 0.394. The maximum atomic E-state index is 5.60. The lowest BCUT2D eigenvalue weighted by molar-refractivity contribution is 0.156. The van der Waals surface area contributed by atoms with Crippen LogP contribution < -0.4 is 5.32 Å². The molecule has 1 atom stereocenters. The maximum Gasteiger partial charge on any atom is 0.193 e. The van der Waals surface area contributed by atoms with Crippen LogP contribution in [0.1, 0.15) is 33.6 Å². The molecule has 1 N–H and O–H groups in total. The highest BCUT2D eigenvalue weighted by Crippen LogP contribution is 2.38. The van der Waals surface area contributed by atoms with E-state index in [0.717, 1.165) is 51.9 Å². The SMILES string of the molecule is CCN(CCNC(=NC)N1CCC2(CCOC2)C1)C(C)C. The third-order valence-corrected chi connectivity index (χ3v) is 4.95. The molecule has 0 aromatic rings. The highest BCUT2D eigenvalue weighted by atomic mass is 16.5. The van der Waals surface area contributed by atoms with E-state index in [0.29, 0.717) is 11.5 Å². The van der Waals surface area contributed by atoms with Crippen molar-refractivity contribution in [3.63, 3.8) is 0 Å². The summed E-state index contributed by atoms with van der Waals surface area (Å²) in [5.41, 5.74) is 0.394. The average Bonchev–Trinajstić information content (AvgIpc) is 3.10. The summed E-state index contributed by atoms with van der Waals surface area (Å²) in [7, 11) is 1.89. The number of nitrogens with zero attached hydrogens (tertiary/aromatic N) is 3. The number of guanidine groups is 1.